The van der Waals surface area contributed by atoms with E-state index in [1.54, 1.807) is 55.8 Å². The van der Waals surface area contributed by atoms with E-state index in [4.69, 9.17) is 4.74 Å². The first-order valence-electron chi connectivity index (χ1n) is 13.0. The molecule has 41 heavy (non-hydrogen) atoms. The lowest BCUT2D eigenvalue weighted by atomic mass is 10.0. The molecular weight excluding hydrogens is 523 g/mol. The van der Waals surface area contributed by atoms with Gasteiger partial charge in [0.1, 0.15) is 22.7 Å². The Labute approximate surface area is 234 Å². The smallest absolute Gasteiger partial charge is 0.250 e. The molecule has 0 saturated heterocycles. The van der Waals surface area contributed by atoms with Crippen molar-refractivity contribution in [2.75, 3.05) is 10.6 Å². The second kappa shape index (κ2) is 10.3. The molecule has 3 aromatic carbocycles. The molecule has 204 valence electrons. The van der Waals surface area contributed by atoms with Crippen LogP contribution >= 0.6 is 0 Å². The van der Waals surface area contributed by atoms with Gasteiger partial charge in [0.05, 0.1) is 5.52 Å². The molecule has 2 N–H and O–H groups in total. The highest BCUT2D eigenvalue weighted by atomic mass is 19.1. The van der Waals surface area contributed by atoms with Gasteiger partial charge in [-0.2, -0.15) is 0 Å². The van der Waals surface area contributed by atoms with Crippen LogP contribution in [0.2, 0.25) is 0 Å². The summed E-state index contributed by atoms with van der Waals surface area (Å²) in [5.41, 5.74) is 2.13. The molecule has 0 bridgehead atoms. The molecule has 0 aliphatic heterocycles. The van der Waals surface area contributed by atoms with E-state index in [9.17, 15) is 18.8 Å². The third kappa shape index (κ3) is 5.29. The number of rotatable bonds is 7. The molecule has 0 spiro atoms. The lowest BCUT2D eigenvalue weighted by molar-refractivity contribution is -0.131. The van der Waals surface area contributed by atoms with Gasteiger partial charge in [-0.3, -0.25) is 19.4 Å². The van der Waals surface area contributed by atoms with Crippen LogP contribution in [0, 0.1) is 11.2 Å². The number of hydrogen-bond donors (Lipinski definition) is 2. The Bertz CT molecular complexity index is 1850. The van der Waals surface area contributed by atoms with Crippen molar-refractivity contribution < 1.29 is 18.7 Å². The first-order chi connectivity index (χ1) is 19.8. The maximum atomic E-state index is 13.2. The Hall–Kier alpha value is -5.31. The number of pyridine rings is 2. The highest BCUT2D eigenvalue weighted by Crippen LogP contribution is 2.47. The van der Waals surface area contributed by atoms with Crippen LogP contribution in [-0.2, 0) is 16.6 Å². The van der Waals surface area contributed by atoms with Gasteiger partial charge in [0.2, 0.25) is 11.8 Å². The van der Waals surface area contributed by atoms with Crippen LogP contribution in [0.25, 0.3) is 22.0 Å². The molecule has 2 aromatic heterocycles. The summed E-state index contributed by atoms with van der Waals surface area (Å²) in [5, 5.41) is 6.33. The van der Waals surface area contributed by atoms with Gasteiger partial charge in [0.15, 0.2) is 0 Å². The molecule has 1 aliphatic carbocycles. The predicted molar refractivity (Wildman–Crippen MR) is 154 cm³/mol. The quantitative estimate of drug-likeness (QED) is 0.247. The number of nitrogens with one attached hydrogen (secondary N) is 2. The van der Waals surface area contributed by atoms with Crippen molar-refractivity contribution in [1.82, 2.24) is 9.55 Å². The summed E-state index contributed by atoms with van der Waals surface area (Å²) in [6.45, 7) is 0. The van der Waals surface area contributed by atoms with E-state index in [1.165, 1.54) is 28.8 Å². The molecular formula is C32H25FN4O4. The van der Waals surface area contributed by atoms with Gasteiger partial charge in [0, 0.05) is 42.3 Å². The minimum absolute atomic E-state index is 0.0900. The highest BCUT2D eigenvalue weighted by Gasteiger charge is 2.56. The Morgan fingerprint density at radius 1 is 0.854 bits per heavy atom. The Balaban J connectivity index is 1.14. The highest BCUT2D eigenvalue weighted by molar-refractivity contribution is 6.16. The van der Waals surface area contributed by atoms with Crippen molar-refractivity contribution in [3.8, 4) is 22.6 Å². The number of carbonyl (C=O) groups is 2. The summed E-state index contributed by atoms with van der Waals surface area (Å²) in [7, 11) is 1.71. The molecule has 5 aromatic rings. The third-order valence-electron chi connectivity index (χ3n) is 7.20. The van der Waals surface area contributed by atoms with E-state index < -0.39 is 23.0 Å². The van der Waals surface area contributed by atoms with Crippen molar-refractivity contribution in [3.63, 3.8) is 0 Å². The lowest BCUT2D eigenvalue weighted by Crippen LogP contribution is -2.35. The largest absolute Gasteiger partial charge is 0.457 e. The van der Waals surface area contributed by atoms with Crippen molar-refractivity contribution >= 4 is 34.1 Å². The van der Waals surface area contributed by atoms with Gasteiger partial charge in [-0.15, -0.1) is 0 Å². The minimum atomic E-state index is -1.15. The van der Waals surface area contributed by atoms with Crippen molar-refractivity contribution in [1.29, 1.82) is 0 Å². The number of benzene rings is 3. The standard InChI is InChI=1S/C32H25FN4O4/c1-37-17-13-21(19-29(37)38)20-2-11-26-27(18-20)34-16-12-28(26)41-25-9-7-24(8-10-25)36-31(40)32(14-15-32)30(39)35-23-5-3-22(33)4-6-23/h2-13,16-19H,14-15H2,1H3,(H,35,39)(H,36,40). The second-order valence-electron chi connectivity index (χ2n) is 10.0. The average molecular weight is 549 g/mol. The van der Waals surface area contributed by atoms with Crippen LogP contribution in [0.4, 0.5) is 15.8 Å². The first kappa shape index (κ1) is 25.9. The van der Waals surface area contributed by atoms with Crippen molar-refractivity contribution in [2.45, 2.75) is 12.8 Å². The fourth-order valence-corrected chi connectivity index (χ4v) is 4.57. The number of carbonyl (C=O) groups excluding carboxylic acids is 2. The molecule has 6 rings (SSSR count). The van der Waals surface area contributed by atoms with E-state index in [0.717, 1.165) is 22.0 Å². The summed E-state index contributed by atoms with van der Waals surface area (Å²) in [5.74, 6) is -0.0436. The molecule has 8 nitrogen and oxygen atoms in total. The number of anilines is 2. The predicted octanol–water partition coefficient (Wildman–Crippen LogP) is 5.89. The van der Waals surface area contributed by atoms with Crippen molar-refractivity contribution in [3.05, 3.63) is 113 Å². The number of aromatic nitrogens is 2. The number of fused-ring (bicyclic) bond motifs is 1. The van der Waals surface area contributed by atoms with E-state index in [-0.39, 0.29) is 5.56 Å². The zero-order chi connectivity index (χ0) is 28.6. The SMILES string of the molecule is Cn1ccc(-c2ccc3c(Oc4ccc(NC(=O)C5(C(=O)Nc6ccc(F)cc6)CC5)cc4)ccnc3c2)cc1=O. The van der Waals surface area contributed by atoms with Gasteiger partial charge in [-0.1, -0.05) is 6.07 Å². The maximum absolute atomic E-state index is 13.2. The van der Waals surface area contributed by atoms with Crippen molar-refractivity contribution in [2.24, 2.45) is 12.5 Å². The third-order valence-corrected chi connectivity index (χ3v) is 7.20. The summed E-state index contributed by atoms with van der Waals surface area (Å²) in [6.07, 6.45) is 4.26. The summed E-state index contributed by atoms with van der Waals surface area (Å²) < 4.78 is 20.8. The van der Waals surface area contributed by atoms with Crippen LogP contribution in [0.15, 0.2) is 102 Å². The van der Waals surface area contributed by atoms with Gasteiger partial charge in [-0.05, 0) is 96.8 Å². The van der Waals surface area contributed by atoms with E-state index >= 15 is 0 Å². The lowest BCUT2D eigenvalue weighted by Gasteiger charge is -2.16. The molecule has 0 unspecified atom stereocenters. The Kier molecular flexibility index (Phi) is 6.55. The van der Waals surface area contributed by atoms with Crippen LogP contribution in [0.5, 0.6) is 11.5 Å². The topological polar surface area (TPSA) is 102 Å². The normalized spacial score (nSPS) is 13.4. The van der Waals surface area contributed by atoms with Crippen LogP contribution < -0.4 is 20.9 Å². The zero-order valence-electron chi connectivity index (χ0n) is 22.1. The van der Waals surface area contributed by atoms with E-state index in [2.05, 4.69) is 15.6 Å². The number of ether oxygens (including phenoxy) is 1. The van der Waals surface area contributed by atoms with Crippen LogP contribution in [-0.4, -0.2) is 21.4 Å². The van der Waals surface area contributed by atoms with Gasteiger partial charge < -0.3 is 19.9 Å². The van der Waals surface area contributed by atoms with Gasteiger partial charge in [-0.25, -0.2) is 4.39 Å². The fraction of sp³-hybridized carbons (Fsp3) is 0.125. The number of halogens is 1. The first-order valence-corrected chi connectivity index (χ1v) is 13.0. The minimum Gasteiger partial charge on any atom is -0.457 e. The molecule has 9 heteroatoms. The van der Waals surface area contributed by atoms with E-state index in [1.807, 2.05) is 24.3 Å². The molecule has 1 aliphatic rings. The summed E-state index contributed by atoms with van der Waals surface area (Å²) in [4.78, 5) is 42.3. The summed E-state index contributed by atoms with van der Waals surface area (Å²) in [6, 6.07) is 23.3. The molecule has 2 heterocycles. The number of nitrogens with zero attached hydrogens (tertiary/aromatic N) is 2. The average Bonchev–Trinajstić information content (AvgIpc) is 3.79. The molecule has 0 radical (unpaired) electrons. The van der Waals surface area contributed by atoms with E-state index in [0.29, 0.717) is 35.7 Å². The second-order valence-corrected chi connectivity index (χ2v) is 10.0. The molecule has 2 amide bonds. The molecule has 0 atom stereocenters. The fourth-order valence-electron chi connectivity index (χ4n) is 4.57. The zero-order valence-corrected chi connectivity index (χ0v) is 22.1. The Morgan fingerprint density at radius 2 is 1.49 bits per heavy atom. The van der Waals surface area contributed by atoms with Gasteiger partial charge >= 0.3 is 0 Å². The van der Waals surface area contributed by atoms with Crippen LogP contribution in [0.3, 0.4) is 0 Å². The maximum Gasteiger partial charge on any atom is 0.250 e. The number of aryl methyl sites for hydroxylation is 1. The monoisotopic (exact) mass is 548 g/mol. The van der Waals surface area contributed by atoms with Gasteiger partial charge in [0.25, 0.3) is 5.56 Å². The Morgan fingerprint density at radius 3 is 2.12 bits per heavy atom. The number of hydrogen-bond acceptors (Lipinski definition) is 5. The summed E-state index contributed by atoms with van der Waals surface area (Å²) >= 11 is 0. The number of amides is 2. The van der Waals surface area contributed by atoms with Crippen LogP contribution in [0.1, 0.15) is 12.8 Å². The molecule has 1 saturated carbocycles. The molecule has 1 fully saturated rings.